The molecular formula is C29H33N5O4. The van der Waals surface area contributed by atoms with Crippen LogP contribution in [0.25, 0.3) is 11.4 Å². The van der Waals surface area contributed by atoms with Gasteiger partial charge in [0.15, 0.2) is 5.82 Å². The first kappa shape index (κ1) is 26.8. The molecule has 3 amide bonds. The Balaban J connectivity index is 1.58. The molecule has 2 heterocycles. The number of rotatable bonds is 5. The Morgan fingerprint density at radius 3 is 2.29 bits per heavy atom. The molecule has 1 aliphatic heterocycles. The summed E-state index contributed by atoms with van der Waals surface area (Å²) in [5, 5.41) is 2.92. The number of nitrogens with zero attached hydrogens (tertiary/aromatic N) is 4. The van der Waals surface area contributed by atoms with E-state index in [4.69, 9.17) is 4.74 Å². The van der Waals surface area contributed by atoms with Crippen molar-refractivity contribution in [3.05, 3.63) is 77.1 Å². The molecule has 9 heteroatoms. The Bertz CT molecular complexity index is 1320. The smallest absolute Gasteiger partial charge is 0.342 e. The van der Waals surface area contributed by atoms with Crippen LogP contribution in [0, 0.1) is 13.8 Å². The minimum absolute atomic E-state index is 0.00626. The van der Waals surface area contributed by atoms with Crippen LogP contribution in [0.3, 0.4) is 0 Å². The van der Waals surface area contributed by atoms with Gasteiger partial charge in [-0.1, -0.05) is 48.0 Å². The van der Waals surface area contributed by atoms with Gasteiger partial charge in [-0.05, 0) is 46.8 Å². The van der Waals surface area contributed by atoms with Gasteiger partial charge in [0, 0.05) is 36.9 Å². The van der Waals surface area contributed by atoms with Gasteiger partial charge >= 0.3 is 12.0 Å². The number of hydrogen-bond acceptors (Lipinski definition) is 6. The molecule has 9 nitrogen and oxygen atoms in total. The van der Waals surface area contributed by atoms with Crippen molar-refractivity contribution >= 4 is 23.6 Å². The van der Waals surface area contributed by atoms with Crippen molar-refractivity contribution in [1.82, 2.24) is 19.8 Å². The average molecular weight is 516 g/mol. The highest BCUT2D eigenvalue weighted by Crippen LogP contribution is 2.23. The minimum atomic E-state index is -0.635. The molecule has 1 saturated heterocycles. The van der Waals surface area contributed by atoms with Gasteiger partial charge in [0.2, 0.25) is 0 Å². The number of nitrogens with one attached hydrogen (secondary N) is 1. The van der Waals surface area contributed by atoms with Crippen molar-refractivity contribution in [2.75, 3.05) is 25.0 Å². The van der Waals surface area contributed by atoms with Crippen molar-refractivity contribution in [2.45, 2.75) is 46.8 Å². The molecule has 38 heavy (non-hydrogen) atoms. The molecule has 4 rings (SSSR count). The SMILES string of the molecule is Cc1ccc(NC(=O)N2CCN(C(=O)c3nc(-c4ccccc4)nc(C)c3C(=O)OC(C)C)CC2C)cc1. The summed E-state index contributed by atoms with van der Waals surface area (Å²) in [7, 11) is 0. The number of aryl methyl sites for hydroxylation is 2. The van der Waals surface area contributed by atoms with Crippen molar-refractivity contribution < 1.29 is 19.1 Å². The van der Waals surface area contributed by atoms with Gasteiger partial charge in [0.25, 0.3) is 5.91 Å². The highest BCUT2D eigenvalue weighted by atomic mass is 16.5. The molecule has 1 atom stereocenters. The molecule has 0 saturated carbocycles. The Morgan fingerprint density at radius 1 is 0.974 bits per heavy atom. The predicted molar refractivity (Wildman–Crippen MR) is 145 cm³/mol. The van der Waals surface area contributed by atoms with Crippen LogP contribution in [0.15, 0.2) is 54.6 Å². The number of piperazine rings is 1. The van der Waals surface area contributed by atoms with E-state index in [0.29, 0.717) is 36.8 Å². The van der Waals surface area contributed by atoms with Crippen LogP contribution >= 0.6 is 0 Å². The molecule has 1 N–H and O–H groups in total. The second kappa shape index (κ2) is 11.4. The van der Waals surface area contributed by atoms with Gasteiger partial charge < -0.3 is 19.9 Å². The number of aromatic nitrogens is 2. The molecule has 2 aromatic carbocycles. The summed E-state index contributed by atoms with van der Waals surface area (Å²) >= 11 is 0. The number of carbonyl (C=O) groups is 3. The molecule has 3 aromatic rings. The van der Waals surface area contributed by atoms with Crippen LogP contribution in [0.5, 0.6) is 0 Å². The Hall–Kier alpha value is -4.27. The average Bonchev–Trinajstić information content (AvgIpc) is 2.89. The Labute approximate surface area is 222 Å². The molecule has 1 aliphatic rings. The molecule has 198 valence electrons. The topological polar surface area (TPSA) is 105 Å². The summed E-state index contributed by atoms with van der Waals surface area (Å²) in [4.78, 5) is 52.1. The van der Waals surface area contributed by atoms with Crippen LogP contribution in [-0.4, -0.2) is 69.5 Å². The first-order chi connectivity index (χ1) is 18.1. The predicted octanol–water partition coefficient (Wildman–Crippen LogP) is 4.70. The third-order valence-electron chi connectivity index (χ3n) is 6.35. The second-order valence-corrected chi connectivity index (χ2v) is 9.77. The van der Waals surface area contributed by atoms with E-state index < -0.39 is 11.9 Å². The van der Waals surface area contributed by atoms with Crippen LogP contribution in [0.1, 0.15) is 52.9 Å². The largest absolute Gasteiger partial charge is 0.459 e. The van der Waals surface area contributed by atoms with Gasteiger partial charge in [0.1, 0.15) is 11.3 Å². The van der Waals surface area contributed by atoms with E-state index in [9.17, 15) is 14.4 Å². The van der Waals surface area contributed by atoms with Gasteiger partial charge in [-0.25, -0.2) is 19.6 Å². The first-order valence-electron chi connectivity index (χ1n) is 12.7. The molecule has 1 unspecified atom stereocenters. The van der Waals surface area contributed by atoms with Gasteiger partial charge in [-0.2, -0.15) is 0 Å². The normalized spacial score (nSPS) is 15.4. The lowest BCUT2D eigenvalue weighted by Crippen LogP contribution is -2.56. The zero-order valence-corrected chi connectivity index (χ0v) is 22.4. The fourth-order valence-electron chi connectivity index (χ4n) is 4.39. The zero-order chi connectivity index (χ0) is 27.4. The number of benzene rings is 2. The number of ether oxygens (including phenoxy) is 1. The molecule has 0 aliphatic carbocycles. The van der Waals surface area contributed by atoms with E-state index in [1.165, 1.54) is 0 Å². The Morgan fingerprint density at radius 2 is 1.66 bits per heavy atom. The minimum Gasteiger partial charge on any atom is -0.459 e. The van der Waals surface area contributed by atoms with Crippen LogP contribution in [0.4, 0.5) is 10.5 Å². The molecular weight excluding hydrogens is 482 g/mol. The van der Waals surface area contributed by atoms with Gasteiger partial charge in [-0.3, -0.25) is 4.79 Å². The quantitative estimate of drug-likeness (QED) is 0.494. The van der Waals surface area contributed by atoms with Gasteiger partial charge in [-0.15, -0.1) is 0 Å². The van der Waals surface area contributed by atoms with E-state index in [0.717, 1.165) is 11.1 Å². The van der Waals surface area contributed by atoms with Crippen LogP contribution < -0.4 is 5.32 Å². The number of carbonyl (C=O) groups excluding carboxylic acids is 3. The number of hydrogen-bond donors (Lipinski definition) is 1. The third kappa shape index (κ3) is 5.99. The summed E-state index contributed by atoms with van der Waals surface area (Å²) < 4.78 is 5.42. The van der Waals surface area contributed by atoms with Crippen molar-refractivity contribution in [3.8, 4) is 11.4 Å². The maximum absolute atomic E-state index is 13.8. The van der Waals surface area contributed by atoms with Crippen LogP contribution in [-0.2, 0) is 4.74 Å². The fourth-order valence-corrected chi connectivity index (χ4v) is 4.39. The van der Waals surface area contributed by atoms with Crippen LogP contribution in [0.2, 0.25) is 0 Å². The van der Waals surface area contributed by atoms with E-state index in [2.05, 4.69) is 15.3 Å². The summed E-state index contributed by atoms with van der Waals surface area (Å²) in [5.74, 6) is -0.671. The number of anilines is 1. The monoisotopic (exact) mass is 515 g/mol. The summed E-state index contributed by atoms with van der Waals surface area (Å²) in [6, 6.07) is 16.4. The number of urea groups is 1. The lowest BCUT2D eigenvalue weighted by molar-refractivity contribution is 0.0367. The molecule has 1 aromatic heterocycles. The Kier molecular flexibility index (Phi) is 8.05. The summed E-state index contributed by atoms with van der Waals surface area (Å²) in [6.07, 6.45) is -0.366. The highest BCUT2D eigenvalue weighted by Gasteiger charge is 2.34. The van der Waals surface area contributed by atoms with Crippen molar-refractivity contribution in [2.24, 2.45) is 0 Å². The van der Waals surface area contributed by atoms with Gasteiger partial charge in [0.05, 0.1) is 11.8 Å². The molecule has 0 radical (unpaired) electrons. The van der Waals surface area contributed by atoms with E-state index in [1.807, 2.05) is 68.4 Å². The zero-order valence-electron chi connectivity index (χ0n) is 22.4. The fraction of sp³-hybridized carbons (Fsp3) is 0.345. The second-order valence-electron chi connectivity index (χ2n) is 9.77. The van der Waals surface area contributed by atoms with E-state index >= 15 is 0 Å². The van der Waals surface area contributed by atoms with Crippen molar-refractivity contribution in [1.29, 1.82) is 0 Å². The molecule has 0 bridgehead atoms. The first-order valence-corrected chi connectivity index (χ1v) is 12.7. The maximum Gasteiger partial charge on any atom is 0.342 e. The lowest BCUT2D eigenvalue weighted by Gasteiger charge is -2.39. The van der Waals surface area contributed by atoms with E-state index in [-0.39, 0.29) is 29.4 Å². The lowest BCUT2D eigenvalue weighted by atomic mass is 10.1. The van der Waals surface area contributed by atoms with E-state index in [1.54, 1.807) is 30.6 Å². The standard InChI is InChI=1S/C29H33N5O4/c1-18(2)38-28(36)24-21(5)30-26(22-9-7-6-8-10-22)32-25(24)27(35)33-15-16-34(20(4)17-33)29(37)31-23-13-11-19(3)12-14-23/h6-14,18,20H,15-17H2,1-5H3,(H,31,37). The number of amides is 3. The summed E-state index contributed by atoms with van der Waals surface area (Å²) in [6.45, 7) is 9.98. The number of esters is 1. The van der Waals surface area contributed by atoms with Crippen molar-refractivity contribution in [3.63, 3.8) is 0 Å². The summed E-state index contributed by atoms with van der Waals surface area (Å²) in [5.41, 5.74) is 3.00. The highest BCUT2D eigenvalue weighted by molar-refractivity contribution is 6.05. The molecule has 1 fully saturated rings. The molecule has 0 spiro atoms. The maximum atomic E-state index is 13.8. The third-order valence-corrected chi connectivity index (χ3v) is 6.35.